The second-order valence-electron chi connectivity index (χ2n) is 6.31. The smallest absolute Gasteiger partial charge is 0.252 e. The highest BCUT2D eigenvalue weighted by molar-refractivity contribution is 5.93. The molecule has 1 aromatic carbocycles. The summed E-state index contributed by atoms with van der Waals surface area (Å²) in [4.78, 5) is 16.5. The molecule has 1 amide bonds. The molecule has 1 atom stereocenters. The third kappa shape index (κ3) is 3.70. The molecule has 26 heavy (non-hydrogen) atoms. The van der Waals surface area contributed by atoms with Crippen LogP contribution in [0.25, 0.3) is 10.9 Å². The van der Waals surface area contributed by atoms with Crippen LogP contribution in [0.4, 0.5) is 0 Å². The summed E-state index contributed by atoms with van der Waals surface area (Å²) in [5, 5.41) is 4.13. The Morgan fingerprint density at radius 3 is 3.00 bits per heavy atom. The van der Waals surface area contributed by atoms with Gasteiger partial charge in [-0.2, -0.15) is 0 Å². The first kappa shape index (κ1) is 16.6. The average molecular weight is 351 g/mol. The Hall–Kier alpha value is -2.86. The maximum atomic E-state index is 12.3. The Morgan fingerprint density at radius 1 is 1.27 bits per heavy atom. The summed E-state index contributed by atoms with van der Waals surface area (Å²) in [6.45, 7) is 2.59. The van der Waals surface area contributed by atoms with Gasteiger partial charge < -0.3 is 19.4 Å². The van der Waals surface area contributed by atoms with Gasteiger partial charge in [-0.05, 0) is 23.6 Å². The highest BCUT2D eigenvalue weighted by Crippen LogP contribution is 2.15. The zero-order valence-corrected chi connectivity index (χ0v) is 14.4. The Kier molecular flexibility index (Phi) is 4.84. The van der Waals surface area contributed by atoms with Gasteiger partial charge >= 0.3 is 0 Å². The summed E-state index contributed by atoms with van der Waals surface area (Å²) in [6.07, 6.45) is 4.51. The Morgan fingerprint density at radius 2 is 2.19 bits per heavy atom. The lowest BCUT2D eigenvalue weighted by molar-refractivity contribution is 0.0951. The van der Waals surface area contributed by atoms with E-state index >= 15 is 0 Å². The number of nitrogens with one attached hydrogen (secondary N) is 1. The molecule has 2 aromatic heterocycles. The van der Waals surface area contributed by atoms with Crippen LogP contribution in [0.1, 0.15) is 16.8 Å². The van der Waals surface area contributed by atoms with Crippen LogP contribution in [0, 0.1) is 0 Å². The van der Waals surface area contributed by atoms with Gasteiger partial charge in [-0.3, -0.25) is 4.79 Å². The summed E-state index contributed by atoms with van der Waals surface area (Å²) >= 11 is 0. The van der Waals surface area contributed by atoms with Crippen molar-refractivity contribution in [2.24, 2.45) is 0 Å². The van der Waals surface area contributed by atoms with E-state index in [9.17, 15) is 4.79 Å². The van der Waals surface area contributed by atoms with E-state index in [4.69, 9.17) is 9.47 Å². The van der Waals surface area contributed by atoms with Crippen LogP contribution in [0.5, 0.6) is 5.88 Å². The van der Waals surface area contributed by atoms with E-state index in [2.05, 4.69) is 33.1 Å². The zero-order valence-electron chi connectivity index (χ0n) is 14.4. The first-order valence-electron chi connectivity index (χ1n) is 8.82. The van der Waals surface area contributed by atoms with Crippen LogP contribution in [0.2, 0.25) is 0 Å². The van der Waals surface area contributed by atoms with Gasteiger partial charge in [0.1, 0.15) is 6.10 Å². The number of nitrogens with zero attached hydrogens (tertiary/aromatic N) is 2. The summed E-state index contributed by atoms with van der Waals surface area (Å²) in [7, 11) is 0. The second-order valence-corrected chi connectivity index (χ2v) is 6.31. The molecule has 3 heterocycles. The molecule has 4 rings (SSSR count). The first-order chi connectivity index (χ1) is 12.8. The fourth-order valence-electron chi connectivity index (χ4n) is 3.09. The third-order valence-corrected chi connectivity index (χ3v) is 4.49. The maximum Gasteiger partial charge on any atom is 0.252 e. The highest BCUT2D eigenvalue weighted by atomic mass is 16.5. The van der Waals surface area contributed by atoms with Crippen molar-refractivity contribution < 1.29 is 14.3 Å². The number of ether oxygens (including phenoxy) is 2. The van der Waals surface area contributed by atoms with Crippen LogP contribution in [-0.2, 0) is 11.3 Å². The van der Waals surface area contributed by atoms with Gasteiger partial charge in [-0.25, -0.2) is 4.98 Å². The SMILES string of the molecule is O=C(NCCn1ccc2ccccc21)c1ccc(OC2CCOC2)nc1. The molecule has 134 valence electrons. The van der Waals surface area contributed by atoms with E-state index < -0.39 is 0 Å². The van der Waals surface area contributed by atoms with Gasteiger partial charge in [0.05, 0.1) is 18.8 Å². The predicted octanol–water partition coefficient (Wildman–Crippen LogP) is 2.63. The molecule has 1 N–H and O–H groups in total. The fourth-order valence-corrected chi connectivity index (χ4v) is 3.09. The average Bonchev–Trinajstić information content (AvgIpc) is 3.32. The number of amides is 1. The van der Waals surface area contributed by atoms with Crippen molar-refractivity contribution >= 4 is 16.8 Å². The summed E-state index contributed by atoms with van der Waals surface area (Å²) in [6, 6.07) is 13.7. The van der Waals surface area contributed by atoms with Gasteiger partial charge in [0, 0.05) is 43.5 Å². The third-order valence-electron chi connectivity index (χ3n) is 4.49. The van der Waals surface area contributed by atoms with Gasteiger partial charge in [0.25, 0.3) is 5.91 Å². The molecule has 0 aliphatic carbocycles. The van der Waals surface area contributed by atoms with Crippen molar-refractivity contribution in [2.45, 2.75) is 19.1 Å². The first-order valence-corrected chi connectivity index (χ1v) is 8.82. The lowest BCUT2D eigenvalue weighted by atomic mass is 10.2. The molecule has 6 heteroatoms. The van der Waals surface area contributed by atoms with Crippen molar-refractivity contribution in [3.63, 3.8) is 0 Å². The minimum atomic E-state index is -0.135. The Labute approximate surface area is 151 Å². The quantitative estimate of drug-likeness (QED) is 0.741. The molecule has 1 aliphatic rings. The summed E-state index contributed by atoms with van der Waals surface area (Å²) < 4.78 is 13.1. The zero-order chi connectivity index (χ0) is 17.8. The second kappa shape index (κ2) is 7.58. The predicted molar refractivity (Wildman–Crippen MR) is 98.4 cm³/mol. The van der Waals surface area contributed by atoms with Crippen molar-refractivity contribution in [1.29, 1.82) is 0 Å². The van der Waals surface area contributed by atoms with Crippen LogP contribution < -0.4 is 10.1 Å². The molecule has 0 spiro atoms. The molecule has 3 aromatic rings. The Balaban J connectivity index is 1.30. The number of aromatic nitrogens is 2. The molecular weight excluding hydrogens is 330 g/mol. The number of para-hydroxylation sites is 1. The minimum Gasteiger partial charge on any atom is -0.472 e. The number of carbonyl (C=O) groups is 1. The molecular formula is C20H21N3O3. The summed E-state index contributed by atoms with van der Waals surface area (Å²) in [5.41, 5.74) is 1.69. The molecule has 6 nitrogen and oxygen atoms in total. The normalized spacial score (nSPS) is 16.7. The van der Waals surface area contributed by atoms with Crippen molar-refractivity contribution in [2.75, 3.05) is 19.8 Å². The molecule has 1 unspecified atom stereocenters. The van der Waals surface area contributed by atoms with Gasteiger partial charge in [0.15, 0.2) is 0 Å². The largest absolute Gasteiger partial charge is 0.472 e. The standard InChI is InChI=1S/C20H21N3O3/c24-20(16-5-6-19(22-13-16)26-17-8-12-25-14-17)21-9-11-23-10-7-15-3-1-2-4-18(15)23/h1-7,10,13,17H,8-9,11-12,14H2,(H,21,24). The highest BCUT2D eigenvalue weighted by Gasteiger charge is 2.17. The molecule has 0 radical (unpaired) electrons. The lowest BCUT2D eigenvalue weighted by Crippen LogP contribution is -2.27. The van der Waals surface area contributed by atoms with E-state index in [1.165, 1.54) is 10.9 Å². The number of pyridine rings is 1. The number of carbonyl (C=O) groups excluding carboxylic acids is 1. The molecule has 0 saturated carbocycles. The topological polar surface area (TPSA) is 65.4 Å². The van der Waals surface area contributed by atoms with Crippen LogP contribution in [0.3, 0.4) is 0 Å². The fraction of sp³-hybridized carbons (Fsp3) is 0.300. The minimum absolute atomic E-state index is 0.0542. The van der Waals surface area contributed by atoms with E-state index in [-0.39, 0.29) is 12.0 Å². The van der Waals surface area contributed by atoms with Crippen LogP contribution in [0.15, 0.2) is 54.9 Å². The lowest BCUT2D eigenvalue weighted by Gasteiger charge is -2.11. The van der Waals surface area contributed by atoms with Crippen LogP contribution >= 0.6 is 0 Å². The van der Waals surface area contributed by atoms with Crippen molar-refractivity contribution in [3.8, 4) is 5.88 Å². The number of rotatable bonds is 6. The monoisotopic (exact) mass is 351 g/mol. The number of fused-ring (bicyclic) bond motifs is 1. The van der Waals surface area contributed by atoms with E-state index in [1.54, 1.807) is 18.3 Å². The maximum absolute atomic E-state index is 12.3. The molecule has 1 aliphatic heterocycles. The van der Waals surface area contributed by atoms with Crippen molar-refractivity contribution in [3.05, 3.63) is 60.4 Å². The van der Waals surface area contributed by atoms with Gasteiger partial charge in [-0.1, -0.05) is 18.2 Å². The van der Waals surface area contributed by atoms with Gasteiger partial charge in [0.2, 0.25) is 5.88 Å². The Bertz CT molecular complexity index is 883. The number of benzene rings is 1. The van der Waals surface area contributed by atoms with E-state index in [1.807, 2.05) is 18.3 Å². The number of hydrogen-bond donors (Lipinski definition) is 1. The van der Waals surface area contributed by atoms with E-state index in [0.29, 0.717) is 24.6 Å². The molecule has 1 fully saturated rings. The van der Waals surface area contributed by atoms with E-state index in [0.717, 1.165) is 19.6 Å². The summed E-state index contributed by atoms with van der Waals surface area (Å²) in [5.74, 6) is 0.389. The van der Waals surface area contributed by atoms with Crippen molar-refractivity contribution in [1.82, 2.24) is 14.9 Å². The molecule has 1 saturated heterocycles. The van der Waals surface area contributed by atoms with Gasteiger partial charge in [-0.15, -0.1) is 0 Å². The van der Waals surface area contributed by atoms with Crippen LogP contribution in [-0.4, -0.2) is 41.3 Å². The number of hydrogen-bond acceptors (Lipinski definition) is 4. The molecule has 0 bridgehead atoms.